The number of halogens is 3. The van der Waals surface area contributed by atoms with Gasteiger partial charge in [-0.1, -0.05) is 40.0 Å². The van der Waals surface area contributed by atoms with E-state index in [1.807, 2.05) is 0 Å². The third-order valence-corrected chi connectivity index (χ3v) is 4.02. The molecule has 0 unspecified atom stereocenters. The number of carboxylic acids is 1. The molecule has 2 aromatic rings. The summed E-state index contributed by atoms with van der Waals surface area (Å²) in [5.74, 6) is -1.15. The van der Waals surface area contributed by atoms with Crippen molar-refractivity contribution >= 4 is 40.8 Å². The van der Waals surface area contributed by atoms with Crippen molar-refractivity contribution in [1.82, 2.24) is 5.16 Å². The normalized spacial score (nSPS) is 11.7. The first-order chi connectivity index (χ1) is 10.2. The Bertz CT molecular complexity index is 717. The van der Waals surface area contributed by atoms with Gasteiger partial charge in [-0.25, -0.2) is 4.79 Å². The molecule has 0 fully saturated rings. The Morgan fingerprint density at radius 2 is 1.82 bits per heavy atom. The lowest BCUT2D eigenvalue weighted by Gasteiger charge is -2.19. The van der Waals surface area contributed by atoms with Crippen LogP contribution in [0.4, 0.5) is 0 Å². The monoisotopic (exact) mass is 363 g/mol. The zero-order valence-corrected chi connectivity index (χ0v) is 14.2. The molecule has 0 spiro atoms. The molecule has 1 N–H and O–H groups in total. The van der Waals surface area contributed by atoms with Crippen LogP contribution in [0.25, 0.3) is 11.3 Å². The van der Waals surface area contributed by atoms with Crippen LogP contribution in [0.3, 0.4) is 0 Å². The first-order valence-corrected chi connectivity index (χ1v) is 7.26. The molecule has 0 saturated heterocycles. The van der Waals surface area contributed by atoms with E-state index in [4.69, 9.17) is 44.1 Å². The van der Waals surface area contributed by atoms with Crippen molar-refractivity contribution in [3.8, 4) is 11.3 Å². The number of carboxylic acid groups (broad SMARTS) is 1. The van der Waals surface area contributed by atoms with Crippen LogP contribution in [0.5, 0.6) is 0 Å². The van der Waals surface area contributed by atoms with Crippen molar-refractivity contribution in [3.63, 3.8) is 0 Å². The van der Waals surface area contributed by atoms with Gasteiger partial charge in [0.15, 0.2) is 5.76 Å². The van der Waals surface area contributed by atoms with Crippen molar-refractivity contribution in [2.45, 2.75) is 19.4 Å². The minimum Gasteiger partial charge on any atom is -0.477 e. The Hall–Kier alpha value is -1.27. The molecule has 0 atom stereocenters. The van der Waals surface area contributed by atoms with E-state index in [2.05, 4.69) is 5.16 Å². The van der Waals surface area contributed by atoms with Gasteiger partial charge in [0.2, 0.25) is 0 Å². The molecule has 0 aliphatic heterocycles. The first kappa shape index (κ1) is 17.1. The molecule has 1 heterocycles. The second kappa shape index (κ2) is 6.08. The number of rotatable bonds is 4. The minimum absolute atomic E-state index is 0.0271. The number of hydrogen-bond donors (Lipinski definition) is 1. The fourth-order valence-electron chi connectivity index (χ4n) is 1.93. The maximum absolute atomic E-state index is 11.7. The van der Waals surface area contributed by atoms with Crippen LogP contribution in [0.1, 0.15) is 30.0 Å². The van der Waals surface area contributed by atoms with Crippen molar-refractivity contribution in [3.05, 3.63) is 38.5 Å². The van der Waals surface area contributed by atoms with E-state index in [-0.39, 0.29) is 32.6 Å². The largest absolute Gasteiger partial charge is 0.477 e. The number of ether oxygens (including phenoxy) is 1. The summed E-state index contributed by atoms with van der Waals surface area (Å²) in [6.07, 6.45) is 0. The fraction of sp³-hybridized carbons (Fsp3) is 0.286. The molecule has 0 bridgehead atoms. The zero-order chi connectivity index (χ0) is 16.7. The van der Waals surface area contributed by atoms with Gasteiger partial charge in [-0.05, 0) is 26.0 Å². The molecule has 0 radical (unpaired) electrons. The molecule has 0 aliphatic carbocycles. The van der Waals surface area contributed by atoms with E-state index in [0.717, 1.165) is 0 Å². The highest BCUT2D eigenvalue weighted by Gasteiger charge is 2.35. The highest BCUT2D eigenvalue weighted by Crippen LogP contribution is 2.41. The molecule has 0 aliphatic rings. The number of aromatic nitrogens is 1. The van der Waals surface area contributed by atoms with Crippen LogP contribution in [-0.2, 0) is 10.3 Å². The Balaban J connectivity index is 2.76. The maximum atomic E-state index is 11.7. The van der Waals surface area contributed by atoms with E-state index in [1.165, 1.54) is 19.2 Å². The molecule has 22 heavy (non-hydrogen) atoms. The molecule has 2 rings (SSSR count). The average molecular weight is 365 g/mol. The van der Waals surface area contributed by atoms with Crippen LogP contribution in [0.2, 0.25) is 15.1 Å². The summed E-state index contributed by atoms with van der Waals surface area (Å²) in [6, 6.07) is 2.90. The second-order valence-electron chi connectivity index (χ2n) is 5.00. The molecule has 0 amide bonds. The molecule has 118 valence electrons. The molecule has 0 saturated carbocycles. The van der Waals surface area contributed by atoms with Gasteiger partial charge >= 0.3 is 5.97 Å². The summed E-state index contributed by atoms with van der Waals surface area (Å²) in [5, 5.41) is 14.0. The van der Waals surface area contributed by atoms with Gasteiger partial charge in [0.05, 0.1) is 10.0 Å². The fourth-order valence-corrected chi connectivity index (χ4v) is 2.93. The highest BCUT2D eigenvalue weighted by atomic mass is 35.5. The van der Waals surface area contributed by atoms with Crippen molar-refractivity contribution < 1.29 is 19.2 Å². The molecule has 5 nitrogen and oxygen atoms in total. The summed E-state index contributed by atoms with van der Waals surface area (Å²) < 4.78 is 10.5. The van der Waals surface area contributed by atoms with E-state index >= 15 is 0 Å². The van der Waals surface area contributed by atoms with Crippen LogP contribution in [0, 0.1) is 0 Å². The topological polar surface area (TPSA) is 72.6 Å². The summed E-state index contributed by atoms with van der Waals surface area (Å²) in [5.41, 5.74) is -0.867. The second-order valence-corrected chi connectivity index (χ2v) is 6.25. The van der Waals surface area contributed by atoms with Crippen molar-refractivity contribution in [2.24, 2.45) is 0 Å². The maximum Gasteiger partial charge on any atom is 0.341 e. The van der Waals surface area contributed by atoms with Gasteiger partial charge in [0, 0.05) is 17.7 Å². The third-order valence-electron chi connectivity index (χ3n) is 3.21. The Morgan fingerprint density at radius 1 is 1.27 bits per heavy atom. The molecule has 8 heteroatoms. The lowest BCUT2D eigenvalue weighted by molar-refractivity contribution is -0.00483. The quantitative estimate of drug-likeness (QED) is 0.837. The SMILES string of the molecule is COC(C)(C)c1onc(-c2c(Cl)cc(Cl)cc2Cl)c1C(=O)O. The van der Waals surface area contributed by atoms with Crippen LogP contribution < -0.4 is 0 Å². The standard InChI is InChI=1S/C14H12Cl3NO4/c1-14(2,21-3)12-10(13(19)20)11(18-22-12)9-7(16)4-6(15)5-8(9)17/h4-5H,1-3H3,(H,19,20). The smallest absolute Gasteiger partial charge is 0.341 e. The Kier molecular flexibility index (Phi) is 4.73. The van der Waals surface area contributed by atoms with E-state index < -0.39 is 11.6 Å². The lowest BCUT2D eigenvalue weighted by Crippen LogP contribution is -2.21. The summed E-state index contributed by atoms with van der Waals surface area (Å²) in [7, 11) is 1.44. The predicted octanol–water partition coefficient (Wildman–Crippen LogP) is 4.88. The Morgan fingerprint density at radius 3 is 2.27 bits per heavy atom. The summed E-state index contributed by atoms with van der Waals surface area (Å²) in [6.45, 7) is 3.32. The number of methoxy groups -OCH3 is 1. The van der Waals surface area contributed by atoms with Crippen molar-refractivity contribution in [2.75, 3.05) is 7.11 Å². The van der Waals surface area contributed by atoms with E-state index in [9.17, 15) is 9.90 Å². The number of carbonyl (C=O) groups is 1. The van der Waals surface area contributed by atoms with Crippen LogP contribution in [0.15, 0.2) is 16.7 Å². The average Bonchev–Trinajstić information content (AvgIpc) is 2.83. The first-order valence-electron chi connectivity index (χ1n) is 6.12. The molecular formula is C14H12Cl3NO4. The zero-order valence-electron chi connectivity index (χ0n) is 11.9. The highest BCUT2D eigenvalue weighted by molar-refractivity contribution is 6.42. The van der Waals surface area contributed by atoms with Gasteiger partial charge in [-0.3, -0.25) is 0 Å². The Labute approximate surface area is 141 Å². The van der Waals surface area contributed by atoms with Gasteiger partial charge in [-0.15, -0.1) is 0 Å². The van der Waals surface area contributed by atoms with Gasteiger partial charge in [0.25, 0.3) is 0 Å². The third kappa shape index (κ3) is 2.94. The molecule has 1 aromatic heterocycles. The van der Waals surface area contributed by atoms with E-state index in [1.54, 1.807) is 13.8 Å². The number of benzene rings is 1. The molecule has 1 aromatic carbocycles. The van der Waals surface area contributed by atoms with E-state index in [0.29, 0.717) is 5.02 Å². The van der Waals surface area contributed by atoms with Gasteiger partial charge in [0.1, 0.15) is 16.9 Å². The number of nitrogens with zero attached hydrogens (tertiary/aromatic N) is 1. The minimum atomic E-state index is -1.22. The lowest BCUT2D eigenvalue weighted by atomic mass is 9.97. The van der Waals surface area contributed by atoms with Crippen LogP contribution >= 0.6 is 34.8 Å². The molecular weight excluding hydrogens is 353 g/mol. The van der Waals surface area contributed by atoms with Gasteiger partial charge < -0.3 is 14.4 Å². The van der Waals surface area contributed by atoms with Crippen molar-refractivity contribution in [1.29, 1.82) is 0 Å². The predicted molar refractivity (Wildman–Crippen MR) is 84.0 cm³/mol. The van der Waals surface area contributed by atoms with Gasteiger partial charge in [-0.2, -0.15) is 0 Å². The number of aromatic carboxylic acids is 1. The number of hydrogen-bond acceptors (Lipinski definition) is 4. The summed E-state index contributed by atoms with van der Waals surface area (Å²) >= 11 is 18.1. The van der Waals surface area contributed by atoms with Crippen LogP contribution in [-0.4, -0.2) is 23.3 Å². The summed E-state index contributed by atoms with van der Waals surface area (Å²) in [4.78, 5) is 11.7.